The van der Waals surface area contributed by atoms with Gasteiger partial charge in [0.15, 0.2) is 16.6 Å². The first kappa shape index (κ1) is 21.9. The van der Waals surface area contributed by atoms with Gasteiger partial charge in [-0.25, -0.2) is 0 Å². The fraction of sp³-hybridized carbons (Fsp3) is 0.588. The van der Waals surface area contributed by atoms with Crippen molar-refractivity contribution in [3.8, 4) is 0 Å². The largest absolute Gasteiger partial charge is 0.470 e. The molecule has 25 heavy (non-hydrogen) atoms. The lowest BCUT2D eigenvalue weighted by molar-refractivity contribution is -0.183. The number of alkyl halides is 3. The second-order valence-electron chi connectivity index (χ2n) is 8.15. The van der Waals surface area contributed by atoms with E-state index in [1.54, 1.807) is 26.6 Å². The summed E-state index contributed by atoms with van der Waals surface area (Å²) < 4.78 is 46.8. The van der Waals surface area contributed by atoms with Crippen LogP contribution in [0.1, 0.15) is 18.6 Å². The molecule has 2 atom stereocenters. The molecule has 0 heterocycles. The van der Waals surface area contributed by atoms with Crippen molar-refractivity contribution in [2.45, 2.75) is 64.5 Å². The SMILES string of the molecule is CC(C(O[Si](C)(C)C)c1ccccc1)N(C(=O)C(F)(F)F)[Si](C)(C)C. The zero-order valence-corrected chi connectivity index (χ0v) is 17.9. The van der Waals surface area contributed by atoms with E-state index in [0.29, 0.717) is 0 Å². The Balaban J connectivity index is 3.37. The van der Waals surface area contributed by atoms with E-state index in [4.69, 9.17) is 4.43 Å². The van der Waals surface area contributed by atoms with Gasteiger partial charge in [0.1, 0.15) is 0 Å². The van der Waals surface area contributed by atoms with Crippen molar-refractivity contribution >= 4 is 22.5 Å². The molecule has 8 heteroatoms. The highest BCUT2D eigenvalue weighted by Gasteiger charge is 2.49. The van der Waals surface area contributed by atoms with Crippen molar-refractivity contribution in [2.75, 3.05) is 0 Å². The Bertz CT molecular complexity index is 580. The molecule has 0 aliphatic heterocycles. The maximum Gasteiger partial charge on any atom is 0.470 e. The van der Waals surface area contributed by atoms with Gasteiger partial charge in [0.2, 0.25) is 0 Å². The molecule has 0 bridgehead atoms. The van der Waals surface area contributed by atoms with Gasteiger partial charge in [0, 0.05) is 0 Å². The smallest absolute Gasteiger partial charge is 0.409 e. The van der Waals surface area contributed by atoms with Crippen LogP contribution in [0.5, 0.6) is 0 Å². The van der Waals surface area contributed by atoms with E-state index in [9.17, 15) is 18.0 Å². The number of carbonyl (C=O) groups excluding carboxylic acids is 1. The maximum absolute atomic E-state index is 13.2. The summed E-state index contributed by atoms with van der Waals surface area (Å²) >= 11 is 0. The first-order valence-corrected chi connectivity index (χ1v) is 15.1. The maximum atomic E-state index is 13.2. The molecule has 2 unspecified atom stereocenters. The van der Waals surface area contributed by atoms with Crippen molar-refractivity contribution in [3.05, 3.63) is 35.9 Å². The minimum atomic E-state index is -4.89. The van der Waals surface area contributed by atoms with Crippen LogP contribution in [0.15, 0.2) is 30.3 Å². The number of hydrogen-bond acceptors (Lipinski definition) is 2. The quantitative estimate of drug-likeness (QED) is 0.624. The van der Waals surface area contributed by atoms with Gasteiger partial charge in [-0.05, 0) is 32.1 Å². The third kappa shape index (κ3) is 6.27. The fourth-order valence-corrected chi connectivity index (χ4v) is 6.03. The number of nitrogens with zero attached hydrogens (tertiary/aromatic N) is 1. The van der Waals surface area contributed by atoms with Crippen molar-refractivity contribution < 1.29 is 22.4 Å². The number of benzene rings is 1. The summed E-state index contributed by atoms with van der Waals surface area (Å²) in [4.78, 5) is 12.1. The van der Waals surface area contributed by atoms with Crippen LogP contribution in [-0.4, -0.2) is 39.2 Å². The summed E-state index contributed by atoms with van der Waals surface area (Å²) in [6.45, 7) is 12.8. The minimum absolute atomic E-state index is 0.592. The van der Waals surface area contributed by atoms with Crippen LogP contribution in [0.25, 0.3) is 0 Å². The lowest BCUT2D eigenvalue weighted by Gasteiger charge is -2.44. The second kappa shape index (κ2) is 7.63. The van der Waals surface area contributed by atoms with Crippen molar-refractivity contribution in [2.24, 2.45) is 0 Å². The van der Waals surface area contributed by atoms with Crippen LogP contribution in [0.3, 0.4) is 0 Å². The summed E-state index contributed by atoms with van der Waals surface area (Å²) in [5, 5.41) is 0. The van der Waals surface area contributed by atoms with Gasteiger partial charge >= 0.3 is 12.1 Å². The van der Waals surface area contributed by atoms with Crippen molar-refractivity contribution in [1.82, 2.24) is 4.57 Å². The summed E-state index contributed by atoms with van der Waals surface area (Å²) in [6.07, 6.45) is -5.49. The van der Waals surface area contributed by atoms with Gasteiger partial charge in [-0.1, -0.05) is 50.0 Å². The Morgan fingerprint density at radius 2 is 1.52 bits per heavy atom. The minimum Gasteiger partial charge on any atom is -0.409 e. The molecule has 1 aromatic rings. The van der Waals surface area contributed by atoms with Crippen molar-refractivity contribution in [3.63, 3.8) is 0 Å². The molecular formula is C17H28F3NO2Si2. The third-order valence-corrected chi connectivity index (χ3v) is 6.65. The molecule has 0 radical (unpaired) electrons. The van der Waals surface area contributed by atoms with E-state index >= 15 is 0 Å². The van der Waals surface area contributed by atoms with Gasteiger partial charge in [0.05, 0.1) is 12.1 Å². The number of amides is 1. The molecule has 1 aromatic carbocycles. The normalized spacial score (nSPS) is 15.6. The molecule has 1 rings (SSSR count). The molecule has 0 spiro atoms. The zero-order chi connectivity index (χ0) is 19.6. The predicted molar refractivity (Wildman–Crippen MR) is 99.3 cm³/mol. The highest BCUT2D eigenvalue weighted by Crippen LogP contribution is 2.33. The van der Waals surface area contributed by atoms with Gasteiger partial charge < -0.3 is 8.99 Å². The topological polar surface area (TPSA) is 29.5 Å². The standard InChI is InChI=1S/C17H28F3NO2Si2/c1-13(21(24(2,3)4)16(22)17(18,19)20)15(23-25(5,6)7)14-11-9-8-10-12-14/h8-13,15H,1-7H3. The number of hydrogen-bond donors (Lipinski definition) is 0. The average molecular weight is 392 g/mol. The molecule has 0 aromatic heterocycles. The van der Waals surface area contributed by atoms with E-state index < -0.39 is 40.8 Å². The van der Waals surface area contributed by atoms with Gasteiger partial charge in [-0.15, -0.1) is 0 Å². The number of halogens is 3. The molecule has 0 aliphatic carbocycles. The Labute approximate surface area is 150 Å². The van der Waals surface area contributed by atoms with E-state index in [0.717, 1.165) is 10.1 Å². The molecular weight excluding hydrogens is 363 g/mol. The third-order valence-electron chi connectivity index (χ3n) is 3.64. The molecule has 0 N–H and O–H groups in total. The first-order valence-electron chi connectivity index (χ1n) is 8.28. The average Bonchev–Trinajstić information content (AvgIpc) is 2.42. The number of rotatable bonds is 6. The lowest BCUT2D eigenvalue weighted by Crippen LogP contribution is -2.60. The van der Waals surface area contributed by atoms with Gasteiger partial charge in [-0.3, -0.25) is 4.79 Å². The second-order valence-corrected chi connectivity index (χ2v) is 17.4. The number of carbonyl (C=O) groups is 1. The Hall–Kier alpha value is -1.13. The van der Waals surface area contributed by atoms with Crippen molar-refractivity contribution in [1.29, 1.82) is 0 Å². The molecule has 142 valence electrons. The molecule has 0 saturated carbocycles. The summed E-state index contributed by atoms with van der Waals surface area (Å²) in [5.74, 6) is -1.78. The van der Waals surface area contributed by atoms with Crippen LogP contribution in [-0.2, 0) is 9.22 Å². The Morgan fingerprint density at radius 1 is 1.04 bits per heavy atom. The highest BCUT2D eigenvalue weighted by atomic mass is 28.4. The summed E-state index contributed by atoms with van der Waals surface area (Å²) in [5.41, 5.74) is 0.788. The van der Waals surface area contributed by atoms with E-state index in [1.165, 1.54) is 0 Å². The van der Waals surface area contributed by atoms with Crippen LogP contribution in [0.4, 0.5) is 13.2 Å². The monoisotopic (exact) mass is 391 g/mol. The lowest BCUT2D eigenvalue weighted by atomic mass is 10.0. The van der Waals surface area contributed by atoms with Crippen LogP contribution >= 0.6 is 0 Å². The van der Waals surface area contributed by atoms with E-state index in [2.05, 4.69) is 0 Å². The predicted octanol–water partition coefficient (Wildman–Crippen LogP) is 5.19. The van der Waals surface area contributed by atoms with Gasteiger partial charge in [-0.2, -0.15) is 13.2 Å². The molecule has 1 amide bonds. The Kier molecular flexibility index (Phi) is 6.69. The summed E-state index contributed by atoms with van der Waals surface area (Å²) in [6, 6.07) is 8.45. The van der Waals surface area contributed by atoms with E-state index in [1.807, 2.05) is 50.0 Å². The fourth-order valence-electron chi connectivity index (χ4n) is 2.84. The molecule has 3 nitrogen and oxygen atoms in total. The molecule has 0 aliphatic rings. The van der Waals surface area contributed by atoms with E-state index in [-0.39, 0.29) is 0 Å². The van der Waals surface area contributed by atoms with Crippen LogP contribution in [0, 0.1) is 0 Å². The van der Waals surface area contributed by atoms with Crippen LogP contribution in [0.2, 0.25) is 39.3 Å². The first-order chi connectivity index (χ1) is 11.1. The van der Waals surface area contributed by atoms with Gasteiger partial charge in [0.25, 0.3) is 0 Å². The molecule has 0 fully saturated rings. The highest BCUT2D eigenvalue weighted by molar-refractivity contribution is 6.75. The summed E-state index contributed by atoms with van der Waals surface area (Å²) in [7, 11) is -4.65. The Morgan fingerprint density at radius 3 is 1.88 bits per heavy atom. The zero-order valence-electron chi connectivity index (χ0n) is 15.9. The molecule has 0 saturated heterocycles. The van der Waals surface area contributed by atoms with Crippen LogP contribution < -0.4 is 0 Å².